The number of hydrogen-bond donors (Lipinski definition) is 2. The third-order valence-electron chi connectivity index (χ3n) is 5.99. The zero-order valence-corrected chi connectivity index (χ0v) is 16.4. The average molecular weight is 379 g/mol. The van der Waals surface area contributed by atoms with Crippen LogP contribution in [0.25, 0.3) is 0 Å². The maximum atomic E-state index is 12.2. The molecule has 0 radical (unpaired) electrons. The van der Waals surface area contributed by atoms with Crippen LogP contribution in [0.4, 0.5) is 5.69 Å². The molecule has 2 aliphatic rings. The zero-order valence-electron chi connectivity index (χ0n) is 15.7. The predicted molar refractivity (Wildman–Crippen MR) is 107 cm³/mol. The van der Waals surface area contributed by atoms with Gasteiger partial charge in [-0.2, -0.15) is 0 Å². The van der Waals surface area contributed by atoms with Crippen LogP contribution in [0.2, 0.25) is 5.02 Å². The lowest BCUT2D eigenvalue weighted by atomic mass is 9.88. The van der Waals surface area contributed by atoms with E-state index in [1.807, 2.05) is 19.1 Å². The Morgan fingerprint density at radius 3 is 2.42 bits per heavy atom. The second-order valence-electron chi connectivity index (χ2n) is 7.99. The number of rotatable bonds is 6. The minimum atomic E-state index is -0.346. The van der Waals surface area contributed by atoms with Gasteiger partial charge in [-0.05, 0) is 69.2 Å². The van der Waals surface area contributed by atoms with Crippen LogP contribution >= 0.6 is 11.6 Å². The maximum absolute atomic E-state index is 12.2. The summed E-state index contributed by atoms with van der Waals surface area (Å²) < 4.78 is 0. The Kier molecular flexibility index (Phi) is 6.82. The van der Waals surface area contributed by atoms with Gasteiger partial charge in [-0.15, -0.1) is 0 Å². The van der Waals surface area contributed by atoms with Crippen LogP contribution < -0.4 is 10.2 Å². The number of piperidine rings is 1. The third-order valence-corrected chi connectivity index (χ3v) is 6.24. The Morgan fingerprint density at radius 1 is 1.19 bits per heavy atom. The largest absolute Gasteiger partial charge is 0.393 e. The molecule has 2 N–H and O–H groups in total. The summed E-state index contributed by atoms with van der Waals surface area (Å²) in [5.74, 6) is 0.682. The second-order valence-corrected chi connectivity index (χ2v) is 8.43. The molecule has 0 bridgehead atoms. The van der Waals surface area contributed by atoms with Crippen molar-refractivity contribution < 1.29 is 9.90 Å². The highest BCUT2D eigenvalue weighted by Crippen LogP contribution is 2.28. The Labute approximate surface area is 161 Å². The van der Waals surface area contributed by atoms with Crippen molar-refractivity contribution in [2.75, 3.05) is 18.0 Å². The van der Waals surface area contributed by atoms with Gasteiger partial charge in [0.15, 0.2) is 0 Å². The van der Waals surface area contributed by atoms with Gasteiger partial charge >= 0.3 is 0 Å². The molecule has 1 saturated carbocycles. The number of carbonyl (C=O) groups is 1. The molecule has 0 aromatic heterocycles. The number of carbonyl (C=O) groups excluding carboxylic acids is 1. The molecule has 4 nitrogen and oxygen atoms in total. The van der Waals surface area contributed by atoms with E-state index >= 15 is 0 Å². The molecule has 2 atom stereocenters. The van der Waals surface area contributed by atoms with Crippen LogP contribution in [-0.4, -0.2) is 36.2 Å². The standard InChI is InChI=1S/C21H31ClN2O2/c1-15(23-21(26)17-4-2-3-5-17)14-20(25)16-10-12-24(13-11-16)19-8-6-18(22)7-9-19/h6-9,15-17,20,25H,2-5,10-14H2,1H3,(H,23,26). The quantitative estimate of drug-likeness (QED) is 0.786. The first kappa shape index (κ1) is 19.5. The molecule has 5 heteroatoms. The van der Waals surface area contributed by atoms with Gasteiger partial charge in [-0.1, -0.05) is 24.4 Å². The molecule has 1 aromatic carbocycles. The number of anilines is 1. The van der Waals surface area contributed by atoms with E-state index in [4.69, 9.17) is 11.6 Å². The highest BCUT2D eigenvalue weighted by atomic mass is 35.5. The van der Waals surface area contributed by atoms with Gasteiger partial charge < -0.3 is 15.3 Å². The minimum absolute atomic E-state index is 0.0346. The van der Waals surface area contributed by atoms with Crippen molar-refractivity contribution in [2.24, 2.45) is 11.8 Å². The molecule has 26 heavy (non-hydrogen) atoms. The number of amides is 1. The fourth-order valence-electron chi connectivity index (χ4n) is 4.36. The molecule has 3 rings (SSSR count). The third kappa shape index (κ3) is 5.14. The van der Waals surface area contributed by atoms with Crippen molar-refractivity contribution >= 4 is 23.2 Å². The molecule has 1 heterocycles. The summed E-state index contributed by atoms with van der Waals surface area (Å²) >= 11 is 5.96. The van der Waals surface area contributed by atoms with E-state index in [1.54, 1.807) is 0 Å². The molecular formula is C21H31ClN2O2. The van der Waals surface area contributed by atoms with Gasteiger partial charge in [0.25, 0.3) is 0 Å². The highest BCUT2D eigenvalue weighted by Gasteiger charge is 2.28. The summed E-state index contributed by atoms with van der Waals surface area (Å²) in [6.45, 7) is 3.91. The Bertz CT molecular complexity index is 578. The zero-order chi connectivity index (χ0) is 18.5. The van der Waals surface area contributed by atoms with Crippen molar-refractivity contribution in [3.63, 3.8) is 0 Å². The van der Waals surface area contributed by atoms with Gasteiger partial charge in [0.05, 0.1) is 6.10 Å². The Balaban J connectivity index is 1.42. The molecule has 0 spiro atoms. The molecule has 1 amide bonds. The fourth-order valence-corrected chi connectivity index (χ4v) is 4.48. The van der Waals surface area contributed by atoms with Gasteiger partial charge in [-0.25, -0.2) is 0 Å². The van der Waals surface area contributed by atoms with Crippen LogP contribution in [-0.2, 0) is 4.79 Å². The molecule has 1 saturated heterocycles. The number of aliphatic hydroxyl groups excluding tert-OH is 1. The molecule has 2 fully saturated rings. The second kappa shape index (κ2) is 9.09. The van der Waals surface area contributed by atoms with Gasteiger partial charge in [0.2, 0.25) is 5.91 Å². The van der Waals surface area contributed by atoms with E-state index in [1.165, 1.54) is 18.5 Å². The highest BCUT2D eigenvalue weighted by molar-refractivity contribution is 6.30. The lowest BCUT2D eigenvalue weighted by Crippen LogP contribution is -2.42. The molecule has 1 aliphatic heterocycles. The van der Waals surface area contributed by atoms with Crippen LogP contribution in [0.1, 0.15) is 51.9 Å². The predicted octanol–water partition coefficient (Wildman–Crippen LogP) is 4.00. The number of hydrogen-bond acceptors (Lipinski definition) is 3. The molecule has 2 unspecified atom stereocenters. The van der Waals surface area contributed by atoms with Crippen molar-refractivity contribution in [3.8, 4) is 0 Å². The lowest BCUT2D eigenvalue weighted by molar-refractivity contribution is -0.125. The normalized spacial score (nSPS) is 21.6. The number of nitrogens with zero attached hydrogens (tertiary/aromatic N) is 1. The van der Waals surface area contributed by atoms with Crippen LogP contribution in [0.15, 0.2) is 24.3 Å². The lowest BCUT2D eigenvalue weighted by Gasteiger charge is -2.36. The maximum Gasteiger partial charge on any atom is 0.223 e. The van der Waals surface area contributed by atoms with E-state index in [2.05, 4.69) is 22.3 Å². The van der Waals surface area contributed by atoms with Crippen molar-refractivity contribution in [1.82, 2.24) is 5.32 Å². The van der Waals surface area contributed by atoms with Gasteiger partial charge in [0.1, 0.15) is 0 Å². The summed E-state index contributed by atoms with van der Waals surface area (Å²) in [5, 5.41) is 14.5. The Morgan fingerprint density at radius 2 is 1.81 bits per heavy atom. The van der Waals surface area contributed by atoms with Crippen LogP contribution in [0, 0.1) is 11.8 Å². The van der Waals surface area contributed by atoms with Crippen molar-refractivity contribution in [3.05, 3.63) is 29.3 Å². The smallest absolute Gasteiger partial charge is 0.223 e. The van der Waals surface area contributed by atoms with Crippen LogP contribution in [0.5, 0.6) is 0 Å². The van der Waals surface area contributed by atoms with Crippen LogP contribution in [0.3, 0.4) is 0 Å². The summed E-state index contributed by atoms with van der Waals surface area (Å²) in [5.41, 5.74) is 1.19. The minimum Gasteiger partial charge on any atom is -0.393 e. The van der Waals surface area contributed by atoms with E-state index < -0.39 is 0 Å². The van der Waals surface area contributed by atoms with E-state index in [9.17, 15) is 9.90 Å². The number of benzene rings is 1. The number of aliphatic hydroxyl groups is 1. The van der Waals surface area contributed by atoms with Gasteiger partial charge in [0, 0.05) is 35.8 Å². The monoisotopic (exact) mass is 378 g/mol. The van der Waals surface area contributed by atoms with Crippen molar-refractivity contribution in [2.45, 2.75) is 64.0 Å². The molecule has 1 aromatic rings. The topological polar surface area (TPSA) is 52.6 Å². The number of halogens is 1. The first-order chi connectivity index (χ1) is 12.5. The molecule has 144 valence electrons. The molecular weight excluding hydrogens is 348 g/mol. The van der Waals surface area contributed by atoms with Gasteiger partial charge in [-0.3, -0.25) is 4.79 Å². The first-order valence-corrected chi connectivity index (χ1v) is 10.4. The Hall–Kier alpha value is -1.26. The first-order valence-electron chi connectivity index (χ1n) is 10.0. The van der Waals surface area contributed by atoms with Crippen molar-refractivity contribution in [1.29, 1.82) is 0 Å². The van der Waals surface area contributed by atoms with E-state index in [0.717, 1.165) is 43.8 Å². The van der Waals surface area contributed by atoms with E-state index in [0.29, 0.717) is 12.3 Å². The molecule has 1 aliphatic carbocycles. The number of nitrogens with one attached hydrogen (secondary N) is 1. The summed E-state index contributed by atoms with van der Waals surface area (Å²) in [6.07, 6.45) is 6.63. The van der Waals surface area contributed by atoms with E-state index in [-0.39, 0.29) is 24.0 Å². The fraction of sp³-hybridized carbons (Fsp3) is 0.667. The summed E-state index contributed by atoms with van der Waals surface area (Å²) in [7, 11) is 0. The summed E-state index contributed by atoms with van der Waals surface area (Å²) in [6, 6.07) is 7.99. The summed E-state index contributed by atoms with van der Waals surface area (Å²) in [4.78, 5) is 14.6. The SMILES string of the molecule is CC(CC(O)C1CCN(c2ccc(Cl)cc2)CC1)NC(=O)C1CCCC1. The average Bonchev–Trinajstić information content (AvgIpc) is 3.17.